The van der Waals surface area contributed by atoms with Crippen LogP contribution in [0, 0.1) is 0 Å². The van der Waals surface area contributed by atoms with Crippen LogP contribution in [0.3, 0.4) is 0 Å². The van der Waals surface area contributed by atoms with Crippen molar-refractivity contribution < 1.29 is 6.51 Å². The molecule has 10 aliphatic heterocycles. The summed E-state index contributed by atoms with van der Waals surface area (Å²) in [4.78, 5) is 7.22. The molecule has 8 unspecified atom stereocenters. The van der Waals surface area contributed by atoms with Crippen LogP contribution in [0.4, 0.5) is 0 Å². The Morgan fingerprint density at radius 3 is 1.38 bits per heavy atom. The second-order valence-corrected chi connectivity index (χ2v) is 35.3. The third-order valence-corrected chi connectivity index (χ3v) is 67.2. The van der Waals surface area contributed by atoms with Gasteiger partial charge < -0.3 is 0 Å². The van der Waals surface area contributed by atoms with Crippen LogP contribution in [-0.4, -0.2) is 0 Å². The Labute approximate surface area is 119 Å². The number of hydrogen-bond acceptors (Lipinski definition) is 0. The Balaban J connectivity index is 1.68. The van der Waals surface area contributed by atoms with E-state index in [1.807, 2.05) is 0 Å². The zero-order chi connectivity index (χ0) is 14.2. The van der Waals surface area contributed by atoms with E-state index in [2.05, 4.69) is 34.6 Å². The van der Waals surface area contributed by atoms with Gasteiger partial charge in [-0.3, -0.25) is 0 Å². The molecule has 0 aromatic rings. The molecule has 0 radical (unpaired) electrons. The van der Waals surface area contributed by atoms with Crippen LogP contribution in [-0.2, 0) is 6.51 Å². The van der Waals surface area contributed by atoms with Gasteiger partial charge >= 0.3 is 119 Å². The molecule has 10 fully saturated rings. The van der Waals surface area contributed by atoms with Crippen LogP contribution in [0.1, 0.15) is 66.7 Å². The molecule has 10 heterocycles. The van der Waals surface area contributed by atoms with E-state index >= 15 is 0 Å². The second-order valence-electron chi connectivity index (χ2n) is 12.5. The first-order chi connectivity index (χ1) is 9.91. The van der Waals surface area contributed by atoms with Crippen molar-refractivity contribution in [2.24, 2.45) is 0 Å². The van der Waals surface area contributed by atoms with Crippen molar-refractivity contribution in [1.82, 2.24) is 0 Å². The fraction of sp³-hybridized carbons (Fsp3) is 1.00. The molecule has 8 atom stereocenters. The molecular weight excluding hydrogens is 296 g/mol. The summed E-state index contributed by atoms with van der Waals surface area (Å²) in [5, 5.41) is 0. The minimum absolute atomic E-state index is 1.05. The summed E-state index contributed by atoms with van der Waals surface area (Å²) in [6, 6.07) is 0. The fourth-order valence-electron chi connectivity index (χ4n) is 25.3. The molecule has 1 spiro atoms. The van der Waals surface area contributed by atoms with Gasteiger partial charge in [0, 0.05) is 0 Å². The van der Waals surface area contributed by atoms with E-state index < -0.39 is 6.51 Å². The number of rotatable bonds is 5. The molecule has 0 amide bonds. The Kier molecular flexibility index (Phi) is 0.397. The minimum atomic E-state index is -3.38. The Hall–Kier alpha value is 0.519. The first-order valence-electron chi connectivity index (χ1n) is 10.1. The van der Waals surface area contributed by atoms with Gasteiger partial charge in [0.15, 0.2) is 0 Å². The van der Waals surface area contributed by atoms with Gasteiger partial charge in [0.2, 0.25) is 0 Å². The fourth-order valence-corrected chi connectivity index (χ4v) is 115. The van der Waals surface area contributed by atoms with Crippen LogP contribution in [0.2, 0.25) is 45.6 Å². The zero-order valence-corrected chi connectivity index (χ0v) is 15.4. The summed E-state index contributed by atoms with van der Waals surface area (Å²) >= 11 is 0. The molecular formula is C20H30Fe. The van der Waals surface area contributed by atoms with Gasteiger partial charge in [-0.2, -0.15) is 0 Å². The SMILES string of the molecule is CC[C]12[CH]3[CH]4[CH]5[CH]1[Fe]45321678[CH]2[C]1(CC)[C]6(CC)[C]7(CC)[C]28CC. The average molecular weight is 326 g/mol. The summed E-state index contributed by atoms with van der Waals surface area (Å²) in [7, 11) is 0. The van der Waals surface area contributed by atoms with E-state index in [0.29, 0.717) is 0 Å². The molecule has 0 aromatic carbocycles. The predicted molar refractivity (Wildman–Crippen MR) is 83.7 cm³/mol. The Bertz CT molecular complexity index is 1140. The van der Waals surface area contributed by atoms with E-state index in [0.717, 1.165) is 21.6 Å². The first kappa shape index (κ1) is 9.73. The molecule has 10 rings (SSSR count). The van der Waals surface area contributed by atoms with E-state index in [9.17, 15) is 0 Å². The summed E-state index contributed by atoms with van der Waals surface area (Å²) in [6.45, 7) is 9.94. The molecule has 21 heavy (non-hydrogen) atoms. The van der Waals surface area contributed by atoms with Crippen molar-refractivity contribution in [3.63, 3.8) is 0 Å². The van der Waals surface area contributed by atoms with Crippen LogP contribution in [0.15, 0.2) is 0 Å². The van der Waals surface area contributed by atoms with E-state index in [4.69, 9.17) is 0 Å². The van der Waals surface area contributed by atoms with Gasteiger partial charge in [-0.15, -0.1) is 0 Å². The summed E-state index contributed by atoms with van der Waals surface area (Å²) in [6.07, 6.45) is 8.22. The van der Waals surface area contributed by atoms with Crippen molar-refractivity contribution in [3.05, 3.63) is 0 Å². The molecule has 0 aromatic heterocycles. The second kappa shape index (κ2) is 0.857. The Morgan fingerprint density at radius 1 is 0.667 bits per heavy atom. The number of fused-ring (bicyclic) bond motifs is 10. The molecule has 0 N–H and O–H groups in total. The zero-order valence-electron chi connectivity index (χ0n) is 14.3. The summed E-state index contributed by atoms with van der Waals surface area (Å²) < 4.78 is 5.34. The maximum absolute atomic E-state index is 3.38. The Morgan fingerprint density at radius 2 is 1.14 bits per heavy atom. The van der Waals surface area contributed by atoms with Gasteiger partial charge in [-0.1, -0.05) is 0 Å². The molecule has 10 aliphatic rings. The van der Waals surface area contributed by atoms with Crippen LogP contribution >= 0.6 is 0 Å². The first-order valence-corrected chi connectivity index (χ1v) is 16.1. The van der Waals surface area contributed by atoms with E-state index in [1.165, 1.54) is 24.1 Å². The molecule has 0 bridgehead atoms. The van der Waals surface area contributed by atoms with Crippen molar-refractivity contribution in [2.75, 3.05) is 0 Å². The standard InChI is InChI=1S/C13H21.C7H9.Fe/c1-5-10-9-11(6-2)13(8-4)12(10)7-3;1-2-7-5-3-4-6-7;/h9H,5-8H2,1-4H3;3-6H,2H2,1H3;. The molecule has 118 valence electrons. The maximum atomic E-state index is 2.67. The average Bonchev–Trinajstić information content (AvgIpc) is 3.47. The summed E-state index contributed by atoms with van der Waals surface area (Å²) in [5.74, 6) is 0. The van der Waals surface area contributed by atoms with Crippen LogP contribution in [0.5, 0.6) is 0 Å². The normalized spacial score (nSPS) is 113. The van der Waals surface area contributed by atoms with Crippen molar-refractivity contribution in [1.29, 1.82) is 0 Å². The third-order valence-electron chi connectivity index (χ3n) is 19.4. The van der Waals surface area contributed by atoms with Crippen LogP contribution < -0.4 is 0 Å². The van der Waals surface area contributed by atoms with Gasteiger partial charge in [0.05, 0.1) is 0 Å². The van der Waals surface area contributed by atoms with E-state index in [1.54, 1.807) is 32.1 Å². The molecule has 0 saturated carbocycles. The van der Waals surface area contributed by atoms with Gasteiger partial charge in [-0.25, -0.2) is 0 Å². The molecule has 0 nitrogen and oxygen atoms in total. The monoisotopic (exact) mass is 326 g/mol. The summed E-state index contributed by atoms with van der Waals surface area (Å²) in [5.41, 5.74) is 0. The molecule has 0 aliphatic carbocycles. The van der Waals surface area contributed by atoms with Gasteiger partial charge in [0.25, 0.3) is 0 Å². The predicted octanol–water partition coefficient (Wildman–Crippen LogP) is 7.28. The third kappa shape index (κ3) is 0.0876. The van der Waals surface area contributed by atoms with Gasteiger partial charge in [0.1, 0.15) is 0 Å². The van der Waals surface area contributed by atoms with E-state index in [-0.39, 0.29) is 0 Å². The molecule has 1 heteroatoms. The van der Waals surface area contributed by atoms with Gasteiger partial charge in [-0.05, 0) is 0 Å². The van der Waals surface area contributed by atoms with Crippen molar-refractivity contribution in [2.45, 2.75) is 112 Å². The van der Waals surface area contributed by atoms with Crippen LogP contribution in [0.25, 0.3) is 0 Å². The molecule has 10 saturated heterocycles. The topological polar surface area (TPSA) is 0 Å². The number of hydrogen-bond donors (Lipinski definition) is 0. The van der Waals surface area contributed by atoms with Crippen molar-refractivity contribution >= 4 is 0 Å². The quantitative estimate of drug-likeness (QED) is 0.466. The van der Waals surface area contributed by atoms with Crippen molar-refractivity contribution in [3.8, 4) is 0 Å².